The standard InChI is InChI=1S/C27H19ClF3N5O4S/c1-40-24-23(41(38,39)35-18-6-4-5-17(28)13-18)12-16(14-33-24)15-9-10-21-19(11-15)25(37)36(26(32)34-21)22-8-3-2-7-20(22)27(29,30)31/h2-14,35H,1H3,(H2,32,34). The number of nitrogen functional groups attached to an aromatic ring is 1. The first-order valence-corrected chi connectivity index (χ1v) is 13.6. The Bertz CT molecular complexity index is 1980. The van der Waals surface area contributed by atoms with Crippen molar-refractivity contribution >= 4 is 44.2 Å². The molecule has 3 N–H and O–H groups in total. The third-order valence-electron chi connectivity index (χ3n) is 6.06. The van der Waals surface area contributed by atoms with Crippen LogP contribution in [0.25, 0.3) is 27.7 Å². The second-order valence-corrected chi connectivity index (χ2v) is 10.8. The molecule has 9 nitrogen and oxygen atoms in total. The minimum absolute atomic E-state index is 0.0500. The van der Waals surface area contributed by atoms with Crippen LogP contribution in [0.1, 0.15) is 5.56 Å². The van der Waals surface area contributed by atoms with Gasteiger partial charge in [-0.25, -0.2) is 23.0 Å². The number of para-hydroxylation sites is 1. The summed E-state index contributed by atoms with van der Waals surface area (Å²) in [6, 6.07) is 16.3. The molecule has 0 bridgehead atoms. The zero-order valence-electron chi connectivity index (χ0n) is 21.0. The first kappa shape index (κ1) is 27.9. The molecule has 0 atom stereocenters. The van der Waals surface area contributed by atoms with E-state index < -0.39 is 39.0 Å². The molecule has 5 aromatic rings. The van der Waals surface area contributed by atoms with Crippen LogP contribution in [0.2, 0.25) is 5.02 Å². The third-order valence-corrected chi connectivity index (χ3v) is 7.67. The molecule has 2 aromatic heterocycles. The number of methoxy groups -OCH3 is 1. The number of ether oxygens (including phenoxy) is 1. The molecule has 0 amide bonds. The van der Waals surface area contributed by atoms with E-state index in [9.17, 15) is 26.4 Å². The number of alkyl halides is 3. The van der Waals surface area contributed by atoms with Crippen molar-refractivity contribution in [3.05, 3.63) is 99.9 Å². The Hall–Kier alpha value is -4.62. The number of hydrogen-bond donors (Lipinski definition) is 2. The van der Waals surface area contributed by atoms with Gasteiger partial charge in [-0.1, -0.05) is 35.9 Å². The Morgan fingerprint density at radius 2 is 1.76 bits per heavy atom. The zero-order valence-corrected chi connectivity index (χ0v) is 22.6. The van der Waals surface area contributed by atoms with E-state index >= 15 is 0 Å². The number of hydrogen-bond acceptors (Lipinski definition) is 7. The second-order valence-electron chi connectivity index (χ2n) is 8.70. The van der Waals surface area contributed by atoms with Crippen molar-refractivity contribution in [2.24, 2.45) is 0 Å². The minimum Gasteiger partial charge on any atom is -0.480 e. The van der Waals surface area contributed by atoms with Crippen LogP contribution in [0.5, 0.6) is 5.88 Å². The molecule has 0 radical (unpaired) electrons. The lowest BCUT2D eigenvalue weighted by molar-refractivity contribution is -0.137. The summed E-state index contributed by atoms with van der Waals surface area (Å²) in [5, 5.41) is 0.268. The van der Waals surface area contributed by atoms with Crippen molar-refractivity contribution in [3.8, 4) is 22.7 Å². The minimum atomic E-state index is -4.75. The molecule has 0 saturated carbocycles. The van der Waals surface area contributed by atoms with Crippen LogP contribution in [0, 0.1) is 0 Å². The fourth-order valence-electron chi connectivity index (χ4n) is 4.22. The molecule has 0 spiro atoms. The van der Waals surface area contributed by atoms with Gasteiger partial charge >= 0.3 is 6.18 Å². The molecule has 0 saturated heterocycles. The molecule has 210 valence electrons. The number of nitrogens with two attached hydrogens (primary N) is 1. The lowest BCUT2D eigenvalue weighted by Gasteiger charge is -2.16. The average Bonchev–Trinajstić information content (AvgIpc) is 2.92. The molecule has 0 fully saturated rings. The van der Waals surface area contributed by atoms with Gasteiger partial charge in [0.25, 0.3) is 15.6 Å². The van der Waals surface area contributed by atoms with Crippen LogP contribution in [-0.2, 0) is 16.2 Å². The Morgan fingerprint density at radius 3 is 2.46 bits per heavy atom. The number of nitrogens with zero attached hydrogens (tertiary/aromatic N) is 3. The Kier molecular flexibility index (Phi) is 7.09. The van der Waals surface area contributed by atoms with Gasteiger partial charge in [0, 0.05) is 16.8 Å². The fourth-order valence-corrected chi connectivity index (χ4v) is 5.61. The highest BCUT2D eigenvalue weighted by Crippen LogP contribution is 2.35. The Balaban J connectivity index is 1.64. The van der Waals surface area contributed by atoms with Crippen LogP contribution >= 0.6 is 11.6 Å². The van der Waals surface area contributed by atoms with E-state index in [1.54, 1.807) is 18.2 Å². The predicted molar refractivity (Wildman–Crippen MR) is 149 cm³/mol. The predicted octanol–water partition coefficient (Wildman–Crippen LogP) is 5.51. The smallest absolute Gasteiger partial charge is 0.418 e. The molecule has 14 heteroatoms. The fraction of sp³-hybridized carbons (Fsp3) is 0.0741. The molecular weight excluding hydrogens is 583 g/mol. The van der Waals surface area contributed by atoms with E-state index in [-0.39, 0.29) is 32.9 Å². The SMILES string of the molecule is COc1ncc(-c2ccc3nc(N)n(-c4ccccc4C(F)(F)F)c(=O)c3c2)cc1S(=O)(=O)Nc1cccc(Cl)c1. The first-order valence-electron chi connectivity index (χ1n) is 11.7. The van der Waals surface area contributed by atoms with E-state index in [0.717, 1.165) is 12.1 Å². The summed E-state index contributed by atoms with van der Waals surface area (Å²) in [5.41, 5.74) is 4.50. The normalized spacial score (nSPS) is 11.9. The third kappa shape index (κ3) is 5.41. The summed E-state index contributed by atoms with van der Waals surface area (Å²) >= 11 is 5.97. The molecule has 0 aliphatic heterocycles. The summed E-state index contributed by atoms with van der Waals surface area (Å²) in [6.07, 6.45) is -3.42. The number of nitrogens with one attached hydrogen (secondary N) is 1. The molecule has 5 rings (SSSR count). The molecule has 0 aliphatic carbocycles. The molecule has 41 heavy (non-hydrogen) atoms. The lowest BCUT2D eigenvalue weighted by Crippen LogP contribution is -2.25. The number of fused-ring (bicyclic) bond motifs is 1. The number of aromatic nitrogens is 3. The first-order chi connectivity index (χ1) is 19.4. The van der Waals surface area contributed by atoms with Gasteiger partial charge in [0.1, 0.15) is 4.90 Å². The van der Waals surface area contributed by atoms with E-state index in [2.05, 4.69) is 14.7 Å². The molecular formula is C27H19ClF3N5O4S. The van der Waals surface area contributed by atoms with E-state index in [0.29, 0.717) is 15.2 Å². The van der Waals surface area contributed by atoms with Gasteiger partial charge in [-0.2, -0.15) is 13.2 Å². The summed E-state index contributed by atoms with van der Waals surface area (Å²) < 4.78 is 75.9. The quantitative estimate of drug-likeness (QED) is 0.262. The summed E-state index contributed by atoms with van der Waals surface area (Å²) in [5.74, 6) is -0.622. The molecule has 0 aliphatic rings. The van der Waals surface area contributed by atoms with Crippen molar-refractivity contribution in [1.82, 2.24) is 14.5 Å². The largest absolute Gasteiger partial charge is 0.480 e. The summed E-state index contributed by atoms with van der Waals surface area (Å²) in [4.78, 5) is 21.4. The molecule has 2 heterocycles. The van der Waals surface area contributed by atoms with Crippen molar-refractivity contribution in [1.29, 1.82) is 0 Å². The van der Waals surface area contributed by atoms with Crippen LogP contribution in [0.3, 0.4) is 0 Å². The highest BCUT2D eigenvalue weighted by molar-refractivity contribution is 7.92. The average molecular weight is 602 g/mol. The Labute approximate surface area is 236 Å². The highest BCUT2D eigenvalue weighted by Gasteiger charge is 2.34. The number of anilines is 2. The van der Waals surface area contributed by atoms with Gasteiger partial charge in [0.15, 0.2) is 0 Å². The number of sulfonamides is 1. The topological polar surface area (TPSA) is 129 Å². The van der Waals surface area contributed by atoms with Crippen molar-refractivity contribution in [2.45, 2.75) is 11.1 Å². The zero-order chi connectivity index (χ0) is 29.5. The second kappa shape index (κ2) is 10.4. The van der Waals surface area contributed by atoms with Crippen molar-refractivity contribution in [2.75, 3.05) is 17.6 Å². The van der Waals surface area contributed by atoms with Crippen LogP contribution in [0.4, 0.5) is 24.8 Å². The van der Waals surface area contributed by atoms with E-state index in [1.807, 2.05) is 0 Å². The van der Waals surface area contributed by atoms with Gasteiger partial charge in [-0.05, 0) is 54.1 Å². The number of benzene rings is 3. The highest BCUT2D eigenvalue weighted by atomic mass is 35.5. The number of pyridine rings is 1. The van der Waals surface area contributed by atoms with Gasteiger partial charge in [0.05, 0.1) is 35.0 Å². The maximum atomic E-state index is 13.7. The van der Waals surface area contributed by atoms with Gasteiger partial charge < -0.3 is 10.5 Å². The lowest BCUT2D eigenvalue weighted by atomic mass is 10.1. The maximum Gasteiger partial charge on any atom is 0.418 e. The monoisotopic (exact) mass is 601 g/mol. The van der Waals surface area contributed by atoms with E-state index in [1.165, 1.54) is 55.8 Å². The summed E-state index contributed by atoms with van der Waals surface area (Å²) in [7, 11) is -2.96. The van der Waals surface area contributed by atoms with Crippen molar-refractivity contribution in [3.63, 3.8) is 0 Å². The van der Waals surface area contributed by atoms with E-state index in [4.69, 9.17) is 22.1 Å². The molecule has 0 unspecified atom stereocenters. The summed E-state index contributed by atoms with van der Waals surface area (Å²) in [6.45, 7) is 0. The Morgan fingerprint density at radius 1 is 1.00 bits per heavy atom. The van der Waals surface area contributed by atoms with Crippen molar-refractivity contribution < 1.29 is 26.3 Å². The van der Waals surface area contributed by atoms with Crippen LogP contribution in [0.15, 0.2) is 88.7 Å². The van der Waals surface area contributed by atoms with Gasteiger partial charge in [-0.15, -0.1) is 0 Å². The van der Waals surface area contributed by atoms with Crippen LogP contribution in [-0.4, -0.2) is 30.1 Å². The number of rotatable bonds is 6. The van der Waals surface area contributed by atoms with Gasteiger partial charge in [-0.3, -0.25) is 9.52 Å². The van der Waals surface area contributed by atoms with Gasteiger partial charge in [0.2, 0.25) is 11.8 Å². The van der Waals surface area contributed by atoms with Crippen LogP contribution < -0.4 is 20.8 Å². The maximum absolute atomic E-state index is 13.7. The molecule has 3 aromatic carbocycles. The number of halogens is 4.